The van der Waals surface area contributed by atoms with Gasteiger partial charge in [0.05, 0.1) is 18.9 Å². The fourth-order valence-electron chi connectivity index (χ4n) is 3.99. The lowest BCUT2D eigenvalue weighted by Crippen LogP contribution is -2.44. The summed E-state index contributed by atoms with van der Waals surface area (Å²) in [6.45, 7) is 7.11. The summed E-state index contributed by atoms with van der Waals surface area (Å²) >= 11 is 0. The topological polar surface area (TPSA) is 61.4 Å². The molecule has 1 unspecified atom stereocenters. The third-order valence-corrected chi connectivity index (χ3v) is 5.55. The van der Waals surface area contributed by atoms with Crippen LogP contribution in [-0.2, 0) is 4.74 Å². The van der Waals surface area contributed by atoms with Crippen LogP contribution in [0.3, 0.4) is 0 Å². The van der Waals surface area contributed by atoms with Crippen molar-refractivity contribution >= 4 is 35.6 Å². The number of morpholine rings is 1. The number of rotatable bonds is 10. The number of unbranched alkanes of at least 4 members (excludes halogenated alkanes) is 1. The van der Waals surface area contributed by atoms with Crippen molar-refractivity contribution < 1.29 is 18.3 Å². The Morgan fingerprint density at radius 1 is 1.22 bits per heavy atom. The molecule has 2 N–H and O–H groups in total. The molecule has 0 saturated carbocycles. The van der Waals surface area contributed by atoms with Crippen LogP contribution in [0.2, 0.25) is 0 Å². The van der Waals surface area contributed by atoms with Crippen molar-refractivity contribution in [2.24, 2.45) is 4.99 Å². The molecule has 1 atom stereocenters. The second-order valence-corrected chi connectivity index (χ2v) is 7.84. The molecule has 0 amide bonds. The largest absolute Gasteiger partial charge is 0.433 e. The van der Waals surface area contributed by atoms with Gasteiger partial charge < -0.3 is 25.0 Å². The highest BCUT2D eigenvalue weighted by Crippen LogP contribution is 2.31. The van der Waals surface area contributed by atoms with Gasteiger partial charge in [0.1, 0.15) is 5.75 Å². The maximum absolute atomic E-state index is 12.7. The number of ether oxygens (including phenoxy) is 2. The van der Waals surface area contributed by atoms with Gasteiger partial charge in [0.25, 0.3) is 0 Å². The van der Waals surface area contributed by atoms with E-state index in [1.807, 2.05) is 12.1 Å². The van der Waals surface area contributed by atoms with Gasteiger partial charge in [0.2, 0.25) is 0 Å². The van der Waals surface area contributed by atoms with Gasteiger partial charge in [-0.25, -0.2) is 0 Å². The number of aliphatic imine (C=N–C) groups is 1. The number of guanidine groups is 1. The van der Waals surface area contributed by atoms with Crippen LogP contribution in [0, 0.1) is 0 Å². The van der Waals surface area contributed by atoms with Crippen LogP contribution in [-0.4, -0.2) is 82.5 Å². The van der Waals surface area contributed by atoms with E-state index < -0.39 is 6.61 Å². The normalized spacial score (nSPS) is 19.7. The van der Waals surface area contributed by atoms with E-state index in [0.717, 1.165) is 77.7 Å². The fourth-order valence-corrected chi connectivity index (χ4v) is 3.99. The number of hydrogen-bond donors (Lipinski definition) is 2. The molecule has 1 aromatic carbocycles. The highest BCUT2D eigenvalue weighted by molar-refractivity contribution is 14.0. The lowest BCUT2D eigenvalue weighted by Gasteiger charge is -2.26. The van der Waals surface area contributed by atoms with E-state index in [9.17, 15) is 8.78 Å². The number of alkyl halides is 2. The van der Waals surface area contributed by atoms with Gasteiger partial charge in [0, 0.05) is 45.3 Å². The third-order valence-electron chi connectivity index (χ3n) is 5.55. The standard InChI is InChI=1S/C22H35F2N5O2.HI/c1-2-25-22(26-10-5-6-11-28-13-15-30-16-14-28)27-18-9-12-29(17-18)19-7-3-4-8-20(19)31-21(23)24;/h3-4,7-8,18,21H,2,5-6,9-17H2,1H3,(H2,25,26,27);1H. The van der Waals surface area contributed by atoms with E-state index in [-0.39, 0.29) is 35.8 Å². The number of anilines is 1. The van der Waals surface area contributed by atoms with Crippen molar-refractivity contribution in [3.05, 3.63) is 24.3 Å². The van der Waals surface area contributed by atoms with E-state index >= 15 is 0 Å². The average Bonchev–Trinajstić information content (AvgIpc) is 3.22. The Kier molecular flexibility index (Phi) is 12.3. The summed E-state index contributed by atoms with van der Waals surface area (Å²) in [5, 5.41) is 6.81. The number of nitrogens with one attached hydrogen (secondary N) is 2. The van der Waals surface area contributed by atoms with Crippen LogP contribution in [0.25, 0.3) is 0 Å². The maximum Gasteiger partial charge on any atom is 0.387 e. The molecule has 0 radical (unpaired) electrons. The quantitative estimate of drug-likeness (QED) is 0.196. The van der Waals surface area contributed by atoms with Gasteiger partial charge in [0.15, 0.2) is 5.96 Å². The summed E-state index contributed by atoms with van der Waals surface area (Å²) in [5.41, 5.74) is 0.706. The zero-order chi connectivity index (χ0) is 21.9. The molecule has 10 heteroatoms. The first kappa shape index (κ1) is 26.8. The molecule has 0 bridgehead atoms. The van der Waals surface area contributed by atoms with Crippen molar-refractivity contribution in [3.8, 4) is 5.75 Å². The molecule has 7 nitrogen and oxygen atoms in total. The Morgan fingerprint density at radius 2 is 2.00 bits per heavy atom. The molecule has 2 fully saturated rings. The Labute approximate surface area is 206 Å². The summed E-state index contributed by atoms with van der Waals surface area (Å²) in [5.74, 6) is 1.04. The van der Waals surface area contributed by atoms with Crippen molar-refractivity contribution in [3.63, 3.8) is 0 Å². The van der Waals surface area contributed by atoms with E-state index in [0.29, 0.717) is 12.2 Å². The molecule has 0 aromatic heterocycles. The number of hydrogen-bond acceptors (Lipinski definition) is 5. The van der Waals surface area contributed by atoms with Gasteiger partial charge >= 0.3 is 6.61 Å². The van der Waals surface area contributed by atoms with Crippen LogP contribution in [0.15, 0.2) is 29.3 Å². The van der Waals surface area contributed by atoms with Crippen LogP contribution >= 0.6 is 24.0 Å². The number of para-hydroxylation sites is 2. The number of benzene rings is 1. The van der Waals surface area contributed by atoms with Gasteiger partial charge in [-0.15, -0.1) is 24.0 Å². The minimum atomic E-state index is -2.83. The molecule has 0 spiro atoms. The van der Waals surface area contributed by atoms with Crippen LogP contribution in [0.1, 0.15) is 26.2 Å². The molecule has 182 valence electrons. The average molecular weight is 567 g/mol. The second kappa shape index (κ2) is 14.7. The van der Waals surface area contributed by atoms with Crippen molar-refractivity contribution in [1.82, 2.24) is 15.5 Å². The smallest absolute Gasteiger partial charge is 0.387 e. The predicted octanol–water partition coefficient (Wildman–Crippen LogP) is 3.15. The zero-order valence-corrected chi connectivity index (χ0v) is 21.1. The van der Waals surface area contributed by atoms with Crippen LogP contribution in [0.4, 0.5) is 14.5 Å². The summed E-state index contributed by atoms with van der Waals surface area (Å²) in [6, 6.07) is 7.17. The van der Waals surface area contributed by atoms with Crippen molar-refractivity contribution in [2.45, 2.75) is 38.8 Å². The SMILES string of the molecule is CCNC(=NCCCCN1CCOCC1)NC1CCN(c2ccccc2OC(F)F)C1.I. The summed E-state index contributed by atoms with van der Waals surface area (Å²) in [4.78, 5) is 9.25. The van der Waals surface area contributed by atoms with E-state index in [1.165, 1.54) is 0 Å². The molecule has 2 heterocycles. The fraction of sp³-hybridized carbons (Fsp3) is 0.682. The van der Waals surface area contributed by atoms with Gasteiger partial charge in [-0.1, -0.05) is 12.1 Å². The summed E-state index contributed by atoms with van der Waals surface area (Å²) < 4.78 is 35.5. The molecule has 2 aliphatic rings. The Balaban J connectivity index is 0.00000363. The van der Waals surface area contributed by atoms with E-state index in [4.69, 9.17) is 14.5 Å². The first-order chi connectivity index (χ1) is 15.2. The summed E-state index contributed by atoms with van der Waals surface area (Å²) in [6.07, 6.45) is 3.08. The monoisotopic (exact) mass is 567 g/mol. The molecule has 32 heavy (non-hydrogen) atoms. The second-order valence-electron chi connectivity index (χ2n) is 7.84. The van der Waals surface area contributed by atoms with Crippen LogP contribution in [0.5, 0.6) is 5.75 Å². The van der Waals surface area contributed by atoms with Crippen molar-refractivity contribution in [2.75, 3.05) is 63.9 Å². The maximum atomic E-state index is 12.7. The van der Waals surface area contributed by atoms with Gasteiger partial charge in [-0.3, -0.25) is 9.89 Å². The van der Waals surface area contributed by atoms with Crippen molar-refractivity contribution in [1.29, 1.82) is 0 Å². The van der Waals surface area contributed by atoms with Gasteiger partial charge in [-0.05, 0) is 44.9 Å². The molecule has 3 rings (SSSR count). The highest BCUT2D eigenvalue weighted by atomic mass is 127. The molecule has 0 aliphatic carbocycles. The van der Waals surface area contributed by atoms with Gasteiger partial charge in [-0.2, -0.15) is 8.78 Å². The molecule has 2 saturated heterocycles. The third kappa shape index (κ3) is 8.86. The first-order valence-corrected chi connectivity index (χ1v) is 11.3. The van der Waals surface area contributed by atoms with Crippen LogP contribution < -0.4 is 20.3 Å². The Hall–Kier alpha value is -1.40. The molecule has 1 aromatic rings. The first-order valence-electron chi connectivity index (χ1n) is 11.3. The molecule has 2 aliphatic heterocycles. The number of nitrogens with zero attached hydrogens (tertiary/aromatic N) is 3. The zero-order valence-electron chi connectivity index (χ0n) is 18.8. The minimum absolute atomic E-state index is 0. The molecular weight excluding hydrogens is 531 g/mol. The van der Waals surface area contributed by atoms with E-state index in [2.05, 4.69) is 27.4 Å². The highest BCUT2D eigenvalue weighted by Gasteiger charge is 2.26. The lowest BCUT2D eigenvalue weighted by atomic mass is 10.2. The summed E-state index contributed by atoms with van der Waals surface area (Å²) in [7, 11) is 0. The Morgan fingerprint density at radius 3 is 2.75 bits per heavy atom. The lowest BCUT2D eigenvalue weighted by molar-refractivity contribution is -0.0495. The number of halogens is 3. The Bertz CT molecular complexity index is 692. The van der Waals surface area contributed by atoms with E-state index in [1.54, 1.807) is 12.1 Å². The predicted molar refractivity (Wildman–Crippen MR) is 135 cm³/mol. The molecular formula is C22H36F2IN5O2. The minimum Gasteiger partial charge on any atom is -0.433 e.